The van der Waals surface area contributed by atoms with E-state index in [9.17, 15) is 20.2 Å². The Balaban J connectivity index is 2.86. The van der Waals surface area contributed by atoms with Crippen LogP contribution in [-0.2, 0) is 14.4 Å². The van der Waals surface area contributed by atoms with Crippen LogP contribution >= 0.6 is 0 Å². The van der Waals surface area contributed by atoms with E-state index in [2.05, 4.69) is 0 Å². The molecular formula is C12H21NO6. The molecule has 0 amide bonds. The van der Waals surface area contributed by atoms with Gasteiger partial charge in [-0.3, -0.25) is 5.21 Å². The highest BCUT2D eigenvalue weighted by molar-refractivity contribution is 6.36. The lowest BCUT2D eigenvalue weighted by atomic mass is 9.96. The largest absolute Gasteiger partial charge is 0.452 e. The molecule has 0 saturated carbocycles. The van der Waals surface area contributed by atoms with Crippen molar-refractivity contribution in [3.63, 3.8) is 0 Å². The zero-order chi connectivity index (χ0) is 15.0. The quantitative estimate of drug-likeness (QED) is 0.554. The molecule has 3 atom stereocenters. The Morgan fingerprint density at radius 2 is 2.00 bits per heavy atom. The van der Waals surface area contributed by atoms with Gasteiger partial charge in [-0.15, -0.1) is 0 Å². The van der Waals surface area contributed by atoms with Gasteiger partial charge in [-0.2, -0.15) is 0 Å². The molecule has 0 aromatic rings. The molecule has 19 heavy (non-hydrogen) atoms. The molecule has 0 saturated heterocycles. The minimum absolute atomic E-state index is 0.0744. The number of esters is 1. The Hall–Kier alpha value is -1.34. The molecule has 7 nitrogen and oxygen atoms in total. The zero-order valence-electron chi connectivity index (χ0n) is 11.8. The fourth-order valence-corrected chi connectivity index (χ4v) is 1.64. The van der Waals surface area contributed by atoms with Gasteiger partial charge in [-0.1, -0.05) is 13.8 Å². The lowest BCUT2D eigenvalue weighted by molar-refractivity contribution is -0.742. The average Bonchev–Trinajstić information content (AvgIpc) is 2.50. The van der Waals surface area contributed by atoms with Crippen LogP contribution < -0.4 is 0 Å². The Kier molecular flexibility index (Phi) is 4.42. The molecule has 0 fully saturated rings. The van der Waals surface area contributed by atoms with E-state index in [4.69, 9.17) is 9.57 Å². The van der Waals surface area contributed by atoms with E-state index in [1.54, 1.807) is 34.6 Å². The topological polar surface area (TPSA) is 102 Å². The summed E-state index contributed by atoms with van der Waals surface area (Å²) in [5.41, 5.74) is -1.33. The Bertz CT molecular complexity index is 384. The van der Waals surface area contributed by atoms with Crippen LogP contribution in [0.3, 0.4) is 0 Å². The predicted molar refractivity (Wildman–Crippen MR) is 66.2 cm³/mol. The Morgan fingerprint density at radius 3 is 2.42 bits per heavy atom. The lowest BCUT2D eigenvalue weighted by Gasteiger charge is -2.24. The van der Waals surface area contributed by atoms with Crippen molar-refractivity contribution in [2.45, 2.75) is 58.5 Å². The molecule has 0 aromatic carbocycles. The first kappa shape index (κ1) is 15.7. The summed E-state index contributed by atoms with van der Waals surface area (Å²) in [6, 6.07) is 0. The molecular weight excluding hydrogens is 254 g/mol. The third-order valence-corrected chi connectivity index (χ3v) is 2.63. The van der Waals surface area contributed by atoms with Gasteiger partial charge in [0, 0.05) is 0 Å². The number of carbonyl (C=O) groups excluding carboxylic acids is 1. The average molecular weight is 275 g/mol. The molecule has 0 unspecified atom stereocenters. The van der Waals surface area contributed by atoms with E-state index in [1.807, 2.05) is 0 Å². The second-order valence-corrected chi connectivity index (χ2v) is 5.89. The van der Waals surface area contributed by atoms with E-state index in [0.717, 1.165) is 0 Å². The molecule has 0 bridgehead atoms. The predicted octanol–water partition coefficient (Wildman–Crippen LogP) is -0.0290. The minimum atomic E-state index is -1.51. The third-order valence-electron chi connectivity index (χ3n) is 2.63. The lowest BCUT2D eigenvalue weighted by Crippen LogP contribution is -2.44. The molecule has 0 spiro atoms. The van der Waals surface area contributed by atoms with Crippen LogP contribution in [-0.4, -0.2) is 50.7 Å². The summed E-state index contributed by atoms with van der Waals surface area (Å²) in [6.45, 7) is 8.35. The van der Waals surface area contributed by atoms with Gasteiger partial charge in [0.15, 0.2) is 6.10 Å². The summed E-state index contributed by atoms with van der Waals surface area (Å²) in [5.74, 6) is -1.18. The summed E-state index contributed by atoms with van der Waals surface area (Å²) in [7, 11) is 0. The number of carbonyl (C=O) groups is 1. The van der Waals surface area contributed by atoms with Crippen molar-refractivity contribution < 1.29 is 29.5 Å². The van der Waals surface area contributed by atoms with Crippen molar-refractivity contribution in [3.8, 4) is 0 Å². The number of nitrogens with zero attached hydrogens (tertiary/aromatic N) is 1. The van der Waals surface area contributed by atoms with E-state index in [-0.39, 0.29) is 10.8 Å². The van der Waals surface area contributed by atoms with Crippen LogP contribution in [0.1, 0.15) is 34.6 Å². The first-order valence-corrected chi connectivity index (χ1v) is 6.15. The van der Waals surface area contributed by atoms with Crippen LogP contribution in [0, 0.1) is 11.1 Å². The molecule has 1 heterocycles. The number of aliphatic hydroxyl groups excluding tert-OH is 2. The molecule has 0 radical (unpaired) electrons. The van der Waals surface area contributed by atoms with Gasteiger partial charge in [0.05, 0.1) is 11.0 Å². The first-order valence-electron chi connectivity index (χ1n) is 6.15. The number of aliphatic hydroxyl groups is 2. The maximum atomic E-state index is 11.8. The second-order valence-electron chi connectivity index (χ2n) is 5.89. The van der Waals surface area contributed by atoms with Crippen molar-refractivity contribution in [2.24, 2.45) is 5.92 Å². The van der Waals surface area contributed by atoms with Gasteiger partial charge >= 0.3 is 11.7 Å². The van der Waals surface area contributed by atoms with Crippen molar-refractivity contribution >= 4 is 11.7 Å². The van der Waals surface area contributed by atoms with Crippen LogP contribution in [0.5, 0.6) is 0 Å². The normalized spacial score (nSPS) is 25.5. The number of hydrogen-bond acceptors (Lipinski definition) is 6. The van der Waals surface area contributed by atoms with Gasteiger partial charge in [0.1, 0.15) is 11.7 Å². The second kappa shape index (κ2) is 5.34. The number of hydrogen-bond donors (Lipinski definition) is 2. The van der Waals surface area contributed by atoms with Gasteiger partial charge in [0.25, 0.3) is 0 Å². The molecule has 0 aromatic heterocycles. The zero-order valence-corrected chi connectivity index (χ0v) is 11.8. The van der Waals surface area contributed by atoms with Crippen molar-refractivity contribution in [2.75, 3.05) is 0 Å². The summed E-state index contributed by atoms with van der Waals surface area (Å²) < 4.78 is 5.01. The molecule has 1 aliphatic heterocycles. The molecule has 7 heteroatoms. The molecule has 110 valence electrons. The molecule has 1 rings (SSSR count). The molecule has 1 aliphatic rings. The summed E-state index contributed by atoms with van der Waals surface area (Å²) >= 11 is 0. The maximum Gasteiger partial charge on any atom is 0.408 e. The van der Waals surface area contributed by atoms with Crippen LogP contribution in [0.4, 0.5) is 0 Å². The summed E-state index contributed by atoms with van der Waals surface area (Å²) in [6.07, 6.45) is -3.74. The Labute approximate surface area is 112 Å². The van der Waals surface area contributed by atoms with E-state index in [0.29, 0.717) is 0 Å². The minimum Gasteiger partial charge on any atom is -0.452 e. The van der Waals surface area contributed by atoms with E-state index < -0.39 is 35.6 Å². The van der Waals surface area contributed by atoms with Gasteiger partial charge in [0.2, 0.25) is 0 Å². The van der Waals surface area contributed by atoms with Crippen LogP contribution in [0.15, 0.2) is 0 Å². The smallest absolute Gasteiger partial charge is 0.408 e. The van der Waals surface area contributed by atoms with Gasteiger partial charge < -0.3 is 19.8 Å². The molecule has 0 aliphatic carbocycles. The Morgan fingerprint density at radius 1 is 1.47 bits per heavy atom. The van der Waals surface area contributed by atoms with Crippen molar-refractivity contribution in [3.05, 3.63) is 5.21 Å². The van der Waals surface area contributed by atoms with E-state index >= 15 is 0 Å². The highest BCUT2D eigenvalue weighted by Crippen LogP contribution is 2.21. The van der Waals surface area contributed by atoms with Crippen LogP contribution in [0.25, 0.3) is 0 Å². The van der Waals surface area contributed by atoms with Crippen molar-refractivity contribution in [1.29, 1.82) is 0 Å². The SMILES string of the molecule is CC(C)[C@@H](O)[C@H]1O[N+]([O-])=C(C(=O)OC(C)(C)C)[C@@H]1O. The number of rotatable bonds is 3. The van der Waals surface area contributed by atoms with Crippen LogP contribution in [0.2, 0.25) is 0 Å². The summed E-state index contributed by atoms with van der Waals surface area (Å²) in [4.78, 5) is 16.5. The van der Waals surface area contributed by atoms with Crippen molar-refractivity contribution in [1.82, 2.24) is 0 Å². The highest BCUT2D eigenvalue weighted by atomic mass is 16.9. The fraction of sp³-hybridized carbons (Fsp3) is 0.833. The fourth-order valence-electron chi connectivity index (χ4n) is 1.64. The highest BCUT2D eigenvalue weighted by Gasteiger charge is 2.48. The van der Waals surface area contributed by atoms with Gasteiger partial charge in [-0.25, -0.2) is 4.79 Å². The third kappa shape index (κ3) is 3.57. The summed E-state index contributed by atoms with van der Waals surface area (Å²) in [5, 5.41) is 31.3. The molecule has 2 N–H and O–H groups in total. The van der Waals surface area contributed by atoms with E-state index in [1.165, 1.54) is 0 Å². The monoisotopic (exact) mass is 275 g/mol. The standard InChI is InChI=1S/C12H21NO6/c1-6(2)8(14)10-9(15)7(13(17)19-10)11(16)18-12(3,4)5/h6,8-10,14-15H,1-5H3/t8-,9+,10-/m1/s1. The first-order chi connectivity index (χ1) is 8.54. The maximum absolute atomic E-state index is 11.8. The number of ether oxygens (including phenoxy) is 1. The van der Waals surface area contributed by atoms with Gasteiger partial charge in [-0.05, 0) is 26.7 Å².